The average molecular weight is 490 g/mol. The highest BCUT2D eigenvalue weighted by atomic mass is 16.6. The summed E-state index contributed by atoms with van der Waals surface area (Å²) in [5, 5.41) is 11.0. The third kappa shape index (κ3) is 4.43. The second-order valence-corrected chi connectivity index (χ2v) is 8.55. The molecule has 182 valence electrons. The van der Waals surface area contributed by atoms with E-state index < -0.39 is 0 Å². The molecule has 0 saturated carbocycles. The van der Waals surface area contributed by atoms with E-state index in [0.29, 0.717) is 17.5 Å². The predicted molar refractivity (Wildman–Crippen MR) is 142 cm³/mol. The van der Waals surface area contributed by atoms with E-state index in [0.717, 1.165) is 27.8 Å². The van der Waals surface area contributed by atoms with Crippen LogP contribution in [0.25, 0.3) is 50.4 Å². The van der Waals surface area contributed by atoms with Crippen LogP contribution in [0.15, 0.2) is 101 Å². The number of esters is 1. The van der Waals surface area contributed by atoms with Crippen molar-refractivity contribution in [2.75, 3.05) is 13.2 Å². The number of carbonyl (C=O) groups excluding carboxylic acids is 1. The fourth-order valence-electron chi connectivity index (χ4n) is 4.50. The molecule has 2 aromatic heterocycles. The normalized spacial score (nSPS) is 11.2. The van der Waals surface area contributed by atoms with Crippen LogP contribution in [0.4, 0.5) is 0 Å². The summed E-state index contributed by atoms with van der Waals surface area (Å²) >= 11 is 0. The summed E-state index contributed by atoms with van der Waals surface area (Å²) < 4.78 is 18.9. The van der Waals surface area contributed by atoms with Crippen LogP contribution in [0.2, 0.25) is 0 Å². The summed E-state index contributed by atoms with van der Waals surface area (Å²) in [4.78, 5) is 10.9. The van der Waals surface area contributed by atoms with Crippen molar-refractivity contribution in [3.63, 3.8) is 0 Å². The fraction of sp³-hybridized carbons (Fsp3) is 0.100. The van der Waals surface area contributed by atoms with Crippen LogP contribution in [-0.4, -0.2) is 33.9 Å². The molecule has 0 aliphatic carbocycles. The molecule has 6 aromatic rings. The molecule has 0 aliphatic rings. The number of nitrogens with zero attached hydrogens (tertiary/aromatic N) is 3. The molecule has 0 aliphatic heterocycles. The van der Waals surface area contributed by atoms with Crippen molar-refractivity contribution < 1.29 is 18.7 Å². The van der Waals surface area contributed by atoms with Gasteiger partial charge in [0.2, 0.25) is 11.8 Å². The lowest BCUT2D eigenvalue weighted by Crippen LogP contribution is -2.09. The molecule has 0 fully saturated rings. The van der Waals surface area contributed by atoms with Crippen molar-refractivity contribution in [3.05, 3.63) is 97.1 Å². The van der Waals surface area contributed by atoms with Crippen LogP contribution < -0.4 is 4.74 Å². The summed E-state index contributed by atoms with van der Waals surface area (Å²) in [6.45, 7) is 1.81. The highest BCUT2D eigenvalue weighted by molar-refractivity contribution is 6.09. The first-order valence-electron chi connectivity index (χ1n) is 12.0. The van der Waals surface area contributed by atoms with Gasteiger partial charge in [0.25, 0.3) is 0 Å². The van der Waals surface area contributed by atoms with Gasteiger partial charge in [-0.2, -0.15) is 0 Å². The van der Waals surface area contributed by atoms with Crippen LogP contribution in [0.5, 0.6) is 5.75 Å². The highest BCUT2D eigenvalue weighted by Crippen LogP contribution is 2.33. The molecular weight excluding hydrogens is 466 g/mol. The Labute approximate surface area is 212 Å². The van der Waals surface area contributed by atoms with Gasteiger partial charge in [0.15, 0.2) is 0 Å². The molecular formula is C30H23N3O4. The Balaban J connectivity index is 1.31. The van der Waals surface area contributed by atoms with Gasteiger partial charge in [0, 0.05) is 34.5 Å². The first-order chi connectivity index (χ1) is 18.2. The lowest BCUT2D eigenvalue weighted by Gasteiger charge is -2.08. The topological polar surface area (TPSA) is 79.4 Å². The molecule has 0 bridgehead atoms. The summed E-state index contributed by atoms with van der Waals surface area (Å²) in [6, 6.07) is 32.3. The number of rotatable bonds is 7. The minimum Gasteiger partial charge on any atom is -0.490 e. The molecule has 0 amide bonds. The number of carbonyl (C=O) groups is 1. The summed E-state index contributed by atoms with van der Waals surface area (Å²) in [5.41, 5.74) is 4.85. The number of fused-ring (bicyclic) bond motifs is 3. The van der Waals surface area contributed by atoms with Crippen molar-refractivity contribution in [1.82, 2.24) is 14.8 Å². The van der Waals surface area contributed by atoms with Gasteiger partial charge in [-0.25, -0.2) is 0 Å². The molecule has 4 aromatic carbocycles. The van der Waals surface area contributed by atoms with E-state index in [2.05, 4.69) is 75.4 Å². The molecule has 0 atom stereocenters. The highest BCUT2D eigenvalue weighted by Gasteiger charge is 2.15. The molecule has 0 radical (unpaired) electrons. The van der Waals surface area contributed by atoms with Crippen molar-refractivity contribution in [1.29, 1.82) is 0 Å². The summed E-state index contributed by atoms with van der Waals surface area (Å²) in [7, 11) is 0. The molecule has 2 heterocycles. The Hall–Kier alpha value is -4.91. The summed E-state index contributed by atoms with van der Waals surface area (Å²) in [5.74, 6) is 1.11. The van der Waals surface area contributed by atoms with E-state index in [4.69, 9.17) is 13.9 Å². The zero-order valence-corrected chi connectivity index (χ0v) is 20.1. The van der Waals surface area contributed by atoms with E-state index in [-0.39, 0.29) is 19.2 Å². The Kier molecular flexibility index (Phi) is 5.86. The lowest BCUT2D eigenvalue weighted by molar-refractivity contribution is -0.141. The molecule has 0 spiro atoms. The van der Waals surface area contributed by atoms with Gasteiger partial charge in [0.05, 0.1) is 11.0 Å². The van der Waals surface area contributed by atoms with Gasteiger partial charge in [-0.1, -0.05) is 48.5 Å². The third-order valence-electron chi connectivity index (χ3n) is 6.09. The quantitative estimate of drug-likeness (QED) is 0.190. The maximum atomic E-state index is 10.9. The lowest BCUT2D eigenvalue weighted by atomic mass is 10.2. The molecule has 0 N–H and O–H groups in total. The van der Waals surface area contributed by atoms with Crippen LogP contribution in [0, 0.1) is 0 Å². The van der Waals surface area contributed by atoms with Crippen molar-refractivity contribution in [2.24, 2.45) is 0 Å². The van der Waals surface area contributed by atoms with Gasteiger partial charge in [-0.3, -0.25) is 4.79 Å². The van der Waals surface area contributed by atoms with Crippen molar-refractivity contribution in [3.8, 4) is 34.3 Å². The Morgan fingerprint density at radius 3 is 2.05 bits per heavy atom. The minimum absolute atomic E-state index is 0.187. The van der Waals surface area contributed by atoms with Crippen LogP contribution >= 0.6 is 0 Å². The molecule has 37 heavy (non-hydrogen) atoms. The Bertz CT molecular complexity index is 1680. The average Bonchev–Trinajstić information content (AvgIpc) is 3.55. The van der Waals surface area contributed by atoms with Crippen LogP contribution in [0.1, 0.15) is 6.92 Å². The SMILES string of the molecule is CC(=O)OCCOc1cccc(-c2nnc(-c3cccc(-n4c5ccccc5c5ccccc54)c3)o2)c1. The van der Waals surface area contributed by atoms with Gasteiger partial charge in [-0.15, -0.1) is 10.2 Å². The third-order valence-corrected chi connectivity index (χ3v) is 6.09. The maximum Gasteiger partial charge on any atom is 0.302 e. The number of ether oxygens (including phenoxy) is 2. The number of benzene rings is 4. The number of hydrogen-bond donors (Lipinski definition) is 0. The molecule has 0 saturated heterocycles. The minimum atomic E-state index is -0.335. The second kappa shape index (κ2) is 9.62. The monoisotopic (exact) mass is 489 g/mol. The van der Waals surface area contributed by atoms with E-state index >= 15 is 0 Å². The van der Waals surface area contributed by atoms with E-state index in [1.165, 1.54) is 17.7 Å². The van der Waals surface area contributed by atoms with Gasteiger partial charge in [0.1, 0.15) is 19.0 Å². The number of hydrogen-bond acceptors (Lipinski definition) is 6. The Morgan fingerprint density at radius 2 is 1.38 bits per heavy atom. The zero-order chi connectivity index (χ0) is 25.2. The number of para-hydroxylation sites is 2. The molecule has 7 nitrogen and oxygen atoms in total. The summed E-state index contributed by atoms with van der Waals surface area (Å²) in [6.07, 6.45) is 0. The maximum absolute atomic E-state index is 10.9. The molecule has 7 heteroatoms. The van der Waals surface area contributed by atoms with Gasteiger partial charge < -0.3 is 18.5 Å². The van der Waals surface area contributed by atoms with E-state index in [9.17, 15) is 4.79 Å². The van der Waals surface area contributed by atoms with Gasteiger partial charge in [-0.05, 0) is 48.5 Å². The Morgan fingerprint density at radius 1 is 0.757 bits per heavy atom. The smallest absolute Gasteiger partial charge is 0.302 e. The first kappa shape index (κ1) is 22.5. The first-order valence-corrected chi connectivity index (χ1v) is 12.0. The number of aromatic nitrogens is 3. The predicted octanol–water partition coefficient (Wildman–Crippen LogP) is 6.44. The van der Waals surface area contributed by atoms with Crippen LogP contribution in [0.3, 0.4) is 0 Å². The standard InChI is InChI=1S/C30H23N3O4/c1-20(34)35-16-17-36-24-11-7-9-22(19-24)30-32-31-29(37-30)21-8-6-10-23(18-21)33-27-14-4-2-12-25(27)26-13-3-5-15-28(26)33/h2-15,18-19H,16-17H2,1H3. The van der Waals surface area contributed by atoms with Crippen LogP contribution in [-0.2, 0) is 9.53 Å². The van der Waals surface area contributed by atoms with E-state index in [1.807, 2.05) is 36.4 Å². The van der Waals surface area contributed by atoms with Crippen molar-refractivity contribution >= 4 is 27.8 Å². The second-order valence-electron chi connectivity index (χ2n) is 8.55. The fourth-order valence-corrected chi connectivity index (χ4v) is 4.50. The van der Waals surface area contributed by atoms with E-state index in [1.54, 1.807) is 0 Å². The van der Waals surface area contributed by atoms with Crippen molar-refractivity contribution in [2.45, 2.75) is 6.92 Å². The molecule has 6 rings (SSSR count). The largest absolute Gasteiger partial charge is 0.490 e. The van der Waals surface area contributed by atoms with Gasteiger partial charge >= 0.3 is 5.97 Å². The zero-order valence-electron chi connectivity index (χ0n) is 20.1. The molecule has 0 unspecified atom stereocenters.